The van der Waals surface area contributed by atoms with E-state index in [4.69, 9.17) is 4.74 Å². The van der Waals surface area contributed by atoms with Gasteiger partial charge in [-0.1, -0.05) is 0 Å². The highest BCUT2D eigenvalue weighted by Gasteiger charge is 2.36. The Morgan fingerprint density at radius 3 is 2.81 bits per heavy atom. The lowest BCUT2D eigenvalue weighted by Gasteiger charge is -2.17. The van der Waals surface area contributed by atoms with Crippen molar-refractivity contribution >= 4 is 17.4 Å². The molecule has 1 aromatic carbocycles. The molecule has 108 valence electrons. The van der Waals surface area contributed by atoms with Crippen LogP contribution in [-0.4, -0.2) is 28.4 Å². The fourth-order valence-corrected chi connectivity index (χ4v) is 2.48. The van der Waals surface area contributed by atoms with Gasteiger partial charge in [-0.3, -0.25) is 14.5 Å². The molecule has 6 heteroatoms. The van der Waals surface area contributed by atoms with Gasteiger partial charge in [-0.2, -0.15) is 0 Å². The third-order valence-electron chi connectivity index (χ3n) is 3.64. The number of ether oxygens (including phenoxy) is 1. The van der Waals surface area contributed by atoms with Crippen molar-refractivity contribution in [2.45, 2.75) is 20.0 Å². The first-order valence-corrected chi connectivity index (χ1v) is 6.69. The number of imidazole rings is 1. The van der Waals surface area contributed by atoms with Crippen LogP contribution in [0.25, 0.3) is 0 Å². The van der Waals surface area contributed by atoms with Crippen LogP contribution in [0.5, 0.6) is 5.75 Å². The average Bonchev–Trinajstić information content (AvgIpc) is 3.05. The van der Waals surface area contributed by atoms with Gasteiger partial charge in [0.05, 0.1) is 36.9 Å². The molecule has 0 N–H and O–H groups in total. The number of benzene rings is 1. The topological polar surface area (TPSA) is 64.4 Å². The minimum absolute atomic E-state index is 0.318. The number of aromatic nitrogens is 2. The van der Waals surface area contributed by atoms with Gasteiger partial charge in [0.15, 0.2) is 0 Å². The van der Waals surface area contributed by atoms with E-state index in [1.807, 2.05) is 11.5 Å². The summed E-state index contributed by atoms with van der Waals surface area (Å²) in [5.41, 5.74) is 1.89. The first-order valence-electron chi connectivity index (χ1n) is 6.69. The van der Waals surface area contributed by atoms with Gasteiger partial charge in [0.1, 0.15) is 5.75 Å². The number of nitrogens with zero attached hydrogens (tertiary/aromatic N) is 3. The molecule has 0 spiro atoms. The third-order valence-corrected chi connectivity index (χ3v) is 3.64. The van der Waals surface area contributed by atoms with Crippen LogP contribution in [0.2, 0.25) is 0 Å². The molecule has 0 unspecified atom stereocenters. The van der Waals surface area contributed by atoms with Crippen molar-refractivity contribution in [2.75, 3.05) is 12.0 Å². The molecule has 3 rings (SSSR count). The molecule has 1 aliphatic rings. The van der Waals surface area contributed by atoms with E-state index in [0.29, 0.717) is 23.5 Å². The van der Waals surface area contributed by atoms with Crippen LogP contribution < -0.4 is 9.64 Å². The van der Waals surface area contributed by atoms with Crippen molar-refractivity contribution in [1.29, 1.82) is 0 Å². The summed E-state index contributed by atoms with van der Waals surface area (Å²) < 4.78 is 7.11. The van der Waals surface area contributed by atoms with Crippen LogP contribution in [0.4, 0.5) is 5.69 Å². The molecule has 0 radical (unpaired) electrons. The van der Waals surface area contributed by atoms with Gasteiger partial charge in [-0.05, 0) is 19.1 Å². The van der Waals surface area contributed by atoms with E-state index in [9.17, 15) is 9.59 Å². The van der Waals surface area contributed by atoms with E-state index in [0.717, 1.165) is 12.2 Å². The van der Waals surface area contributed by atoms with Crippen molar-refractivity contribution in [3.63, 3.8) is 0 Å². The van der Waals surface area contributed by atoms with Gasteiger partial charge < -0.3 is 9.30 Å². The van der Waals surface area contributed by atoms with Gasteiger partial charge in [-0.15, -0.1) is 0 Å². The standard InChI is InChI=1S/C15H15N3O3/c1-3-17-9-16-7-10(17)8-18-13-6-11(21-2)4-5-12(13)14(19)15(18)20/h4-7,9H,3,8H2,1-2H3. The highest BCUT2D eigenvalue weighted by atomic mass is 16.5. The predicted molar refractivity (Wildman–Crippen MR) is 76.4 cm³/mol. The molecule has 0 atom stereocenters. The Kier molecular flexibility index (Phi) is 3.21. The molecular formula is C15H15N3O3. The highest BCUT2D eigenvalue weighted by molar-refractivity contribution is 6.52. The summed E-state index contributed by atoms with van der Waals surface area (Å²) in [6.07, 6.45) is 3.42. The zero-order chi connectivity index (χ0) is 15.0. The average molecular weight is 285 g/mol. The number of amides is 1. The second-order valence-corrected chi connectivity index (χ2v) is 4.77. The third kappa shape index (κ3) is 2.08. The minimum Gasteiger partial charge on any atom is -0.497 e. The van der Waals surface area contributed by atoms with E-state index >= 15 is 0 Å². The molecule has 0 fully saturated rings. The summed E-state index contributed by atoms with van der Waals surface area (Å²) in [5, 5.41) is 0. The number of fused-ring (bicyclic) bond motifs is 1. The van der Waals surface area contributed by atoms with Crippen LogP contribution in [-0.2, 0) is 17.9 Å². The minimum atomic E-state index is -0.512. The summed E-state index contributed by atoms with van der Waals surface area (Å²) in [4.78, 5) is 29.8. The largest absolute Gasteiger partial charge is 0.497 e. The summed E-state index contributed by atoms with van der Waals surface area (Å²) >= 11 is 0. The van der Waals surface area contributed by atoms with Gasteiger partial charge in [-0.25, -0.2) is 4.98 Å². The van der Waals surface area contributed by atoms with Crippen molar-refractivity contribution in [3.05, 3.63) is 42.0 Å². The summed E-state index contributed by atoms with van der Waals surface area (Å²) in [7, 11) is 1.55. The van der Waals surface area contributed by atoms with E-state index in [1.54, 1.807) is 37.8 Å². The number of aryl methyl sites for hydroxylation is 1. The molecule has 1 aromatic heterocycles. The number of ketones is 1. The Morgan fingerprint density at radius 1 is 1.29 bits per heavy atom. The lowest BCUT2D eigenvalue weighted by molar-refractivity contribution is -0.114. The summed E-state index contributed by atoms with van der Waals surface area (Å²) in [6.45, 7) is 3.08. The van der Waals surface area contributed by atoms with Crippen LogP contribution in [0.15, 0.2) is 30.7 Å². The van der Waals surface area contributed by atoms with Crippen molar-refractivity contribution < 1.29 is 14.3 Å². The normalized spacial score (nSPS) is 13.7. The number of Topliss-reactive ketones (excluding diaryl/α,β-unsaturated/α-hetero) is 1. The Balaban J connectivity index is 2.00. The molecule has 0 aliphatic carbocycles. The lowest BCUT2D eigenvalue weighted by Crippen LogP contribution is -2.30. The first-order chi connectivity index (χ1) is 10.2. The van der Waals surface area contributed by atoms with Crippen molar-refractivity contribution in [3.8, 4) is 5.75 Å². The maximum atomic E-state index is 12.2. The van der Waals surface area contributed by atoms with Gasteiger partial charge in [0, 0.05) is 18.8 Å². The lowest BCUT2D eigenvalue weighted by atomic mass is 10.1. The van der Waals surface area contributed by atoms with E-state index in [2.05, 4.69) is 4.98 Å². The quantitative estimate of drug-likeness (QED) is 0.801. The number of carbonyl (C=O) groups excluding carboxylic acids is 2. The summed E-state index contributed by atoms with van der Waals surface area (Å²) in [5.74, 6) is -0.373. The van der Waals surface area contributed by atoms with E-state index in [1.165, 1.54) is 4.90 Å². The zero-order valence-electron chi connectivity index (χ0n) is 11.9. The van der Waals surface area contributed by atoms with E-state index < -0.39 is 11.7 Å². The molecule has 0 saturated heterocycles. The second-order valence-electron chi connectivity index (χ2n) is 4.77. The number of hydrogen-bond donors (Lipinski definition) is 0. The molecule has 0 bridgehead atoms. The fraction of sp³-hybridized carbons (Fsp3) is 0.267. The molecule has 1 aliphatic heterocycles. The SMILES string of the molecule is CCn1cncc1CN1C(=O)C(=O)c2ccc(OC)cc21. The molecule has 2 aromatic rings. The zero-order valence-corrected chi connectivity index (χ0v) is 11.9. The van der Waals surface area contributed by atoms with Gasteiger partial charge in [0.2, 0.25) is 0 Å². The Morgan fingerprint density at radius 2 is 2.10 bits per heavy atom. The fourth-order valence-electron chi connectivity index (χ4n) is 2.48. The highest BCUT2D eigenvalue weighted by Crippen LogP contribution is 2.33. The molecule has 1 amide bonds. The maximum Gasteiger partial charge on any atom is 0.299 e. The van der Waals surface area contributed by atoms with Gasteiger partial charge in [0.25, 0.3) is 11.7 Å². The maximum absolute atomic E-state index is 12.2. The summed E-state index contributed by atoms with van der Waals surface area (Å²) in [6, 6.07) is 5.03. The number of hydrogen-bond acceptors (Lipinski definition) is 4. The Hall–Kier alpha value is -2.63. The molecule has 0 saturated carbocycles. The smallest absolute Gasteiger partial charge is 0.299 e. The van der Waals surface area contributed by atoms with Gasteiger partial charge >= 0.3 is 0 Å². The first kappa shape index (κ1) is 13.4. The van der Waals surface area contributed by atoms with Crippen molar-refractivity contribution in [1.82, 2.24) is 9.55 Å². The molecule has 21 heavy (non-hydrogen) atoms. The number of rotatable bonds is 4. The van der Waals surface area contributed by atoms with Crippen molar-refractivity contribution in [2.24, 2.45) is 0 Å². The monoisotopic (exact) mass is 285 g/mol. The van der Waals surface area contributed by atoms with Crippen LogP contribution >= 0.6 is 0 Å². The number of anilines is 1. The number of carbonyl (C=O) groups is 2. The van der Waals surface area contributed by atoms with E-state index in [-0.39, 0.29) is 0 Å². The molecule has 2 heterocycles. The van der Waals surface area contributed by atoms with Crippen LogP contribution in [0, 0.1) is 0 Å². The molecule has 6 nitrogen and oxygen atoms in total. The Bertz CT molecular complexity index is 721. The van der Waals surface area contributed by atoms with Crippen LogP contribution in [0.3, 0.4) is 0 Å². The predicted octanol–water partition coefficient (Wildman–Crippen LogP) is 1.64. The Labute approximate surface area is 122 Å². The molecular weight excluding hydrogens is 270 g/mol. The second kappa shape index (κ2) is 5.05. The van der Waals surface area contributed by atoms with Crippen LogP contribution in [0.1, 0.15) is 23.0 Å². The number of methoxy groups -OCH3 is 1.